The Labute approximate surface area is 46.2 Å². The summed E-state index contributed by atoms with van der Waals surface area (Å²) >= 11 is 0. The van der Waals surface area contributed by atoms with Crippen molar-refractivity contribution in [2.45, 2.75) is 20.3 Å². The third-order valence-corrected chi connectivity index (χ3v) is 0.675. The SMILES string of the molecule is C[CH-]C=C[CH-]CC. The van der Waals surface area contributed by atoms with Crippen LogP contribution in [0.2, 0.25) is 0 Å². The molecule has 0 bridgehead atoms. The molecule has 0 heterocycles. The molecule has 0 aliphatic heterocycles. The number of hydrogen-bond acceptors (Lipinski definition) is 0. The van der Waals surface area contributed by atoms with Crippen molar-refractivity contribution < 1.29 is 0 Å². The van der Waals surface area contributed by atoms with E-state index in [4.69, 9.17) is 0 Å². The zero-order valence-electron chi connectivity index (χ0n) is 5.02. The van der Waals surface area contributed by atoms with E-state index in [0.29, 0.717) is 0 Å². The van der Waals surface area contributed by atoms with Crippen molar-refractivity contribution in [3.63, 3.8) is 0 Å². The van der Waals surface area contributed by atoms with Gasteiger partial charge in [0.15, 0.2) is 0 Å². The molecule has 0 saturated heterocycles. The standard InChI is InChI=1S/C7H12/c1-3-5-7-6-4-2/h3,5-7H,4H2,1-2H3/q-2. The fraction of sp³-hybridized carbons (Fsp3) is 0.429. The van der Waals surface area contributed by atoms with Gasteiger partial charge in [-0.05, 0) is 0 Å². The third kappa shape index (κ3) is 5.48. The molecule has 0 aromatic heterocycles. The summed E-state index contributed by atoms with van der Waals surface area (Å²) in [4.78, 5) is 0. The van der Waals surface area contributed by atoms with Crippen LogP contribution in [0.3, 0.4) is 0 Å². The van der Waals surface area contributed by atoms with Gasteiger partial charge in [-0.1, -0.05) is 6.92 Å². The van der Waals surface area contributed by atoms with Gasteiger partial charge in [-0.3, -0.25) is 0 Å². The molecule has 0 fully saturated rings. The Morgan fingerprint density at radius 3 is 2.57 bits per heavy atom. The average molecular weight is 96.2 g/mol. The van der Waals surface area contributed by atoms with Crippen molar-refractivity contribution in [1.29, 1.82) is 0 Å². The minimum absolute atomic E-state index is 1.13. The summed E-state index contributed by atoms with van der Waals surface area (Å²) in [6.45, 7) is 4.14. The normalized spacial score (nSPS) is 9.43. The van der Waals surface area contributed by atoms with Gasteiger partial charge in [0.1, 0.15) is 0 Å². The van der Waals surface area contributed by atoms with E-state index in [2.05, 4.69) is 19.4 Å². The predicted molar refractivity (Wildman–Crippen MR) is 33.7 cm³/mol. The Kier molecular flexibility index (Phi) is 5.07. The highest BCUT2D eigenvalue weighted by atomic mass is 13.7. The molecule has 0 atom stereocenters. The Hall–Kier alpha value is -0.520. The first-order chi connectivity index (χ1) is 3.41. The zero-order valence-corrected chi connectivity index (χ0v) is 5.02. The molecule has 42 valence electrons. The van der Waals surface area contributed by atoms with Gasteiger partial charge in [0.25, 0.3) is 0 Å². The monoisotopic (exact) mass is 96.1 g/mol. The van der Waals surface area contributed by atoms with Crippen molar-refractivity contribution in [2.75, 3.05) is 0 Å². The van der Waals surface area contributed by atoms with Gasteiger partial charge in [-0.15, -0.1) is 13.3 Å². The van der Waals surface area contributed by atoms with Gasteiger partial charge < -0.3 is 25.0 Å². The Bertz CT molecular complexity index is 44.0. The minimum atomic E-state index is 1.13. The lowest BCUT2D eigenvalue weighted by Gasteiger charge is -2.02. The van der Waals surface area contributed by atoms with E-state index >= 15 is 0 Å². The summed E-state index contributed by atoms with van der Waals surface area (Å²) < 4.78 is 0. The second-order valence-electron chi connectivity index (χ2n) is 1.36. The van der Waals surface area contributed by atoms with E-state index in [0.717, 1.165) is 6.42 Å². The molecule has 0 aliphatic carbocycles. The van der Waals surface area contributed by atoms with E-state index < -0.39 is 0 Å². The maximum Gasteiger partial charge on any atom is -0.0786 e. The molecule has 0 spiro atoms. The lowest BCUT2D eigenvalue weighted by Crippen LogP contribution is -1.61. The van der Waals surface area contributed by atoms with Crippen LogP contribution in [0.15, 0.2) is 12.2 Å². The van der Waals surface area contributed by atoms with Crippen LogP contribution >= 0.6 is 0 Å². The van der Waals surface area contributed by atoms with Crippen molar-refractivity contribution in [3.05, 3.63) is 25.0 Å². The third-order valence-electron chi connectivity index (χ3n) is 0.675. The maximum atomic E-state index is 2.12. The molecular weight excluding hydrogens is 84.1 g/mol. The van der Waals surface area contributed by atoms with E-state index in [1.165, 1.54) is 0 Å². The number of hydrogen-bond donors (Lipinski definition) is 0. The first kappa shape index (κ1) is 6.48. The van der Waals surface area contributed by atoms with Gasteiger partial charge in [0, 0.05) is 0 Å². The fourth-order valence-electron chi connectivity index (χ4n) is 0.326. The van der Waals surface area contributed by atoms with Crippen molar-refractivity contribution in [3.8, 4) is 0 Å². The summed E-state index contributed by atoms with van der Waals surface area (Å²) in [5.41, 5.74) is 0. The quantitative estimate of drug-likeness (QED) is 0.473. The van der Waals surface area contributed by atoms with Crippen LogP contribution in [0.4, 0.5) is 0 Å². The minimum Gasteiger partial charge on any atom is -0.379 e. The Balaban J connectivity index is 2.78. The van der Waals surface area contributed by atoms with Crippen LogP contribution in [-0.2, 0) is 0 Å². The highest BCUT2D eigenvalue weighted by Crippen LogP contribution is 1.86. The van der Waals surface area contributed by atoms with Crippen molar-refractivity contribution >= 4 is 0 Å². The maximum absolute atomic E-state index is 2.12. The number of allylic oxidation sites excluding steroid dienone is 2. The van der Waals surface area contributed by atoms with Crippen LogP contribution in [-0.4, -0.2) is 0 Å². The molecule has 0 aromatic carbocycles. The van der Waals surface area contributed by atoms with E-state index in [-0.39, 0.29) is 0 Å². The Morgan fingerprint density at radius 1 is 1.43 bits per heavy atom. The molecule has 0 heteroatoms. The van der Waals surface area contributed by atoms with Gasteiger partial charge in [0.05, 0.1) is 0 Å². The number of rotatable bonds is 3. The molecule has 0 saturated carbocycles. The first-order valence-electron chi connectivity index (χ1n) is 2.69. The molecule has 0 nitrogen and oxygen atoms in total. The fourth-order valence-corrected chi connectivity index (χ4v) is 0.326. The smallest absolute Gasteiger partial charge is 0.0786 e. The van der Waals surface area contributed by atoms with E-state index in [1.807, 2.05) is 19.4 Å². The van der Waals surface area contributed by atoms with Gasteiger partial charge in [0.2, 0.25) is 0 Å². The summed E-state index contributed by atoms with van der Waals surface area (Å²) in [6.07, 6.45) is 9.36. The molecule has 7 heavy (non-hydrogen) atoms. The molecule has 0 unspecified atom stereocenters. The van der Waals surface area contributed by atoms with Crippen LogP contribution in [0, 0.1) is 12.8 Å². The summed E-state index contributed by atoms with van der Waals surface area (Å²) in [6, 6.07) is 0. The zero-order chi connectivity index (χ0) is 5.54. The van der Waals surface area contributed by atoms with Crippen molar-refractivity contribution in [2.24, 2.45) is 0 Å². The Morgan fingerprint density at radius 2 is 2.14 bits per heavy atom. The molecule has 0 N–H and O–H groups in total. The lowest BCUT2D eigenvalue weighted by atomic mass is 10.3. The van der Waals surface area contributed by atoms with Gasteiger partial charge >= 0.3 is 0 Å². The highest BCUT2D eigenvalue weighted by molar-refractivity contribution is 4.99. The second-order valence-corrected chi connectivity index (χ2v) is 1.36. The molecule has 0 amide bonds. The molecule has 0 aliphatic rings. The van der Waals surface area contributed by atoms with Crippen LogP contribution < -0.4 is 0 Å². The number of unbranched alkanes of at least 4 members (excludes halogenated alkanes) is 1. The molecule has 0 rings (SSSR count). The van der Waals surface area contributed by atoms with Gasteiger partial charge in [-0.25, -0.2) is 0 Å². The lowest BCUT2D eigenvalue weighted by molar-refractivity contribution is 1.15. The first-order valence-corrected chi connectivity index (χ1v) is 2.69. The molecule has 0 radical (unpaired) electrons. The van der Waals surface area contributed by atoms with Crippen molar-refractivity contribution in [1.82, 2.24) is 0 Å². The van der Waals surface area contributed by atoms with E-state index in [1.54, 1.807) is 0 Å². The van der Waals surface area contributed by atoms with E-state index in [9.17, 15) is 0 Å². The average Bonchev–Trinajstić information content (AvgIpc) is 1.69. The van der Waals surface area contributed by atoms with Crippen LogP contribution in [0.1, 0.15) is 20.3 Å². The molecular formula is C7H12-2. The summed E-state index contributed by atoms with van der Waals surface area (Å²) in [5.74, 6) is 0. The second kappa shape index (κ2) is 5.48. The summed E-state index contributed by atoms with van der Waals surface area (Å²) in [7, 11) is 0. The topological polar surface area (TPSA) is 0 Å². The highest BCUT2D eigenvalue weighted by Gasteiger charge is 1.48. The predicted octanol–water partition coefficient (Wildman–Crippen LogP) is 2.38. The largest absolute Gasteiger partial charge is 0.379 e. The summed E-state index contributed by atoms with van der Waals surface area (Å²) in [5, 5.41) is 0. The van der Waals surface area contributed by atoms with Gasteiger partial charge in [-0.2, -0.15) is 0 Å². The van der Waals surface area contributed by atoms with Crippen LogP contribution in [0.5, 0.6) is 0 Å². The molecule has 0 aromatic rings. The van der Waals surface area contributed by atoms with Crippen LogP contribution in [0.25, 0.3) is 0 Å².